The van der Waals surface area contributed by atoms with E-state index in [4.69, 9.17) is 5.11 Å². The minimum absolute atomic E-state index is 0.0423. The quantitative estimate of drug-likeness (QED) is 0.703. The van der Waals surface area contributed by atoms with Crippen LogP contribution in [0.5, 0.6) is 0 Å². The first-order chi connectivity index (χ1) is 7.20. The molecule has 1 heterocycles. The number of nitrogens with one attached hydrogen (secondary N) is 1. The second-order valence-electron chi connectivity index (χ2n) is 4.19. The zero-order chi connectivity index (χ0) is 11.3. The SMILES string of the molecule is CCN(CCO)C(=O)C1NCCCC1C. The summed E-state index contributed by atoms with van der Waals surface area (Å²) < 4.78 is 0. The first-order valence-corrected chi connectivity index (χ1v) is 5.83. The average molecular weight is 214 g/mol. The zero-order valence-corrected chi connectivity index (χ0v) is 9.70. The van der Waals surface area contributed by atoms with Gasteiger partial charge in [0, 0.05) is 13.1 Å². The second-order valence-corrected chi connectivity index (χ2v) is 4.19. The number of piperidine rings is 1. The molecule has 0 aromatic heterocycles. The minimum Gasteiger partial charge on any atom is -0.395 e. The van der Waals surface area contributed by atoms with E-state index >= 15 is 0 Å². The summed E-state index contributed by atoms with van der Waals surface area (Å²) in [5.41, 5.74) is 0. The maximum atomic E-state index is 12.1. The molecular formula is C11H22N2O2. The summed E-state index contributed by atoms with van der Waals surface area (Å²) in [5, 5.41) is 12.1. The molecular weight excluding hydrogens is 192 g/mol. The molecule has 1 aliphatic heterocycles. The lowest BCUT2D eigenvalue weighted by Gasteiger charge is -2.33. The maximum absolute atomic E-state index is 12.1. The van der Waals surface area contributed by atoms with Gasteiger partial charge in [-0.3, -0.25) is 4.79 Å². The Morgan fingerprint density at radius 1 is 1.60 bits per heavy atom. The Labute approximate surface area is 91.6 Å². The summed E-state index contributed by atoms with van der Waals surface area (Å²) in [4.78, 5) is 13.8. The van der Waals surface area contributed by atoms with Gasteiger partial charge in [0.15, 0.2) is 0 Å². The van der Waals surface area contributed by atoms with E-state index in [1.165, 1.54) is 0 Å². The maximum Gasteiger partial charge on any atom is 0.240 e. The third-order valence-electron chi connectivity index (χ3n) is 3.10. The summed E-state index contributed by atoms with van der Waals surface area (Å²) in [5.74, 6) is 0.540. The summed E-state index contributed by atoms with van der Waals surface area (Å²) >= 11 is 0. The molecule has 2 N–H and O–H groups in total. The van der Waals surface area contributed by atoms with E-state index < -0.39 is 0 Å². The molecule has 0 radical (unpaired) electrons. The second kappa shape index (κ2) is 6.08. The number of likely N-dealkylation sites (N-methyl/N-ethyl adjacent to an activating group) is 1. The van der Waals surface area contributed by atoms with Gasteiger partial charge in [0.25, 0.3) is 0 Å². The third kappa shape index (κ3) is 3.18. The van der Waals surface area contributed by atoms with Crippen LogP contribution in [0.1, 0.15) is 26.7 Å². The van der Waals surface area contributed by atoms with Crippen LogP contribution in [-0.4, -0.2) is 48.2 Å². The van der Waals surface area contributed by atoms with Crippen LogP contribution in [0.4, 0.5) is 0 Å². The van der Waals surface area contributed by atoms with E-state index in [9.17, 15) is 4.79 Å². The van der Waals surface area contributed by atoms with E-state index in [2.05, 4.69) is 12.2 Å². The fraction of sp³-hybridized carbons (Fsp3) is 0.909. The molecule has 4 nitrogen and oxygen atoms in total. The van der Waals surface area contributed by atoms with E-state index in [-0.39, 0.29) is 18.6 Å². The van der Waals surface area contributed by atoms with Gasteiger partial charge >= 0.3 is 0 Å². The van der Waals surface area contributed by atoms with E-state index in [0.29, 0.717) is 19.0 Å². The van der Waals surface area contributed by atoms with Crippen molar-refractivity contribution in [1.29, 1.82) is 0 Å². The topological polar surface area (TPSA) is 52.6 Å². The molecule has 4 heteroatoms. The molecule has 2 unspecified atom stereocenters. The highest BCUT2D eigenvalue weighted by atomic mass is 16.3. The molecule has 2 atom stereocenters. The Morgan fingerprint density at radius 3 is 2.87 bits per heavy atom. The Bertz CT molecular complexity index is 209. The number of aliphatic hydroxyl groups is 1. The standard InChI is InChI=1S/C11H22N2O2/c1-3-13(7-8-14)11(15)10-9(2)5-4-6-12-10/h9-10,12,14H,3-8H2,1-2H3. The largest absolute Gasteiger partial charge is 0.395 e. The van der Waals surface area contributed by atoms with E-state index in [1.807, 2.05) is 6.92 Å². The van der Waals surface area contributed by atoms with Crippen molar-refractivity contribution in [2.45, 2.75) is 32.7 Å². The highest BCUT2D eigenvalue weighted by molar-refractivity contribution is 5.82. The fourth-order valence-corrected chi connectivity index (χ4v) is 2.12. The molecule has 1 rings (SSSR count). The number of amides is 1. The Hall–Kier alpha value is -0.610. The number of hydrogen-bond donors (Lipinski definition) is 2. The van der Waals surface area contributed by atoms with Gasteiger partial charge in [-0.25, -0.2) is 0 Å². The number of nitrogens with zero attached hydrogens (tertiary/aromatic N) is 1. The lowest BCUT2D eigenvalue weighted by Crippen LogP contribution is -2.52. The molecule has 15 heavy (non-hydrogen) atoms. The first-order valence-electron chi connectivity index (χ1n) is 5.83. The van der Waals surface area contributed by atoms with Crippen LogP contribution < -0.4 is 5.32 Å². The van der Waals surface area contributed by atoms with Crippen LogP contribution in [0, 0.1) is 5.92 Å². The molecule has 0 bridgehead atoms. The fourth-order valence-electron chi connectivity index (χ4n) is 2.12. The van der Waals surface area contributed by atoms with Gasteiger partial charge in [-0.15, -0.1) is 0 Å². The molecule has 1 aliphatic rings. The third-order valence-corrected chi connectivity index (χ3v) is 3.10. The molecule has 0 saturated carbocycles. The number of rotatable bonds is 4. The van der Waals surface area contributed by atoms with Crippen molar-refractivity contribution in [1.82, 2.24) is 10.2 Å². The lowest BCUT2D eigenvalue weighted by atomic mass is 9.92. The monoisotopic (exact) mass is 214 g/mol. The van der Waals surface area contributed by atoms with Crippen LogP contribution in [0.25, 0.3) is 0 Å². The number of hydrogen-bond acceptors (Lipinski definition) is 3. The Morgan fingerprint density at radius 2 is 2.33 bits per heavy atom. The van der Waals surface area contributed by atoms with Crippen molar-refractivity contribution >= 4 is 5.91 Å². The molecule has 1 saturated heterocycles. The Kier molecular flexibility index (Phi) is 5.05. The summed E-state index contributed by atoms with van der Waals surface area (Å²) in [7, 11) is 0. The van der Waals surface area contributed by atoms with Crippen molar-refractivity contribution < 1.29 is 9.90 Å². The van der Waals surface area contributed by atoms with Crippen LogP contribution in [0.2, 0.25) is 0 Å². The molecule has 0 spiro atoms. The van der Waals surface area contributed by atoms with Crippen LogP contribution >= 0.6 is 0 Å². The molecule has 0 aromatic rings. The normalized spacial score (nSPS) is 26.3. The van der Waals surface area contributed by atoms with Crippen molar-refractivity contribution in [3.8, 4) is 0 Å². The lowest BCUT2D eigenvalue weighted by molar-refractivity contribution is -0.135. The van der Waals surface area contributed by atoms with Gasteiger partial charge in [-0.2, -0.15) is 0 Å². The molecule has 0 aliphatic carbocycles. The smallest absolute Gasteiger partial charge is 0.240 e. The van der Waals surface area contributed by atoms with Gasteiger partial charge < -0.3 is 15.3 Å². The summed E-state index contributed by atoms with van der Waals surface area (Å²) in [6.45, 7) is 6.14. The predicted octanol–water partition coefficient (Wildman–Crippen LogP) is 0.215. The van der Waals surface area contributed by atoms with Crippen LogP contribution in [0.15, 0.2) is 0 Å². The van der Waals surface area contributed by atoms with Gasteiger partial charge in [0.1, 0.15) is 0 Å². The van der Waals surface area contributed by atoms with E-state index in [1.54, 1.807) is 4.90 Å². The van der Waals surface area contributed by atoms with Gasteiger partial charge in [0.05, 0.1) is 12.6 Å². The van der Waals surface area contributed by atoms with Gasteiger partial charge in [-0.1, -0.05) is 6.92 Å². The number of carbonyl (C=O) groups is 1. The average Bonchev–Trinajstić information content (AvgIpc) is 2.25. The Balaban J connectivity index is 2.55. The van der Waals surface area contributed by atoms with Gasteiger partial charge in [0.2, 0.25) is 5.91 Å². The predicted molar refractivity (Wildman–Crippen MR) is 59.5 cm³/mol. The zero-order valence-electron chi connectivity index (χ0n) is 9.70. The first kappa shape index (κ1) is 12.5. The highest BCUT2D eigenvalue weighted by Crippen LogP contribution is 2.17. The van der Waals surface area contributed by atoms with Gasteiger partial charge in [-0.05, 0) is 32.2 Å². The summed E-state index contributed by atoms with van der Waals surface area (Å²) in [6.07, 6.45) is 2.26. The highest BCUT2D eigenvalue weighted by Gasteiger charge is 2.29. The minimum atomic E-state index is -0.0507. The van der Waals surface area contributed by atoms with Crippen molar-refractivity contribution in [2.24, 2.45) is 5.92 Å². The number of aliphatic hydroxyl groups excluding tert-OH is 1. The van der Waals surface area contributed by atoms with Crippen molar-refractivity contribution in [3.05, 3.63) is 0 Å². The number of carbonyl (C=O) groups excluding carboxylic acids is 1. The molecule has 0 aromatic carbocycles. The van der Waals surface area contributed by atoms with Crippen LogP contribution in [-0.2, 0) is 4.79 Å². The van der Waals surface area contributed by atoms with Crippen molar-refractivity contribution in [3.63, 3.8) is 0 Å². The molecule has 88 valence electrons. The van der Waals surface area contributed by atoms with Crippen molar-refractivity contribution in [2.75, 3.05) is 26.2 Å². The molecule has 1 amide bonds. The molecule has 1 fully saturated rings. The summed E-state index contributed by atoms with van der Waals surface area (Å²) in [6, 6.07) is -0.0507. The van der Waals surface area contributed by atoms with Crippen LogP contribution in [0.3, 0.4) is 0 Å². The van der Waals surface area contributed by atoms with E-state index in [0.717, 1.165) is 19.4 Å².